The molecule has 1 aliphatic rings. The van der Waals surface area contributed by atoms with E-state index < -0.39 is 21.7 Å². The zero-order chi connectivity index (χ0) is 30.2. The Kier molecular flexibility index (Phi) is 8.19. The van der Waals surface area contributed by atoms with Gasteiger partial charge in [-0.15, -0.1) is 0 Å². The van der Waals surface area contributed by atoms with Gasteiger partial charge in [-0.2, -0.15) is 0 Å². The Morgan fingerprint density at radius 3 is 2.26 bits per heavy atom. The third kappa shape index (κ3) is 5.94. The fourth-order valence-electron chi connectivity index (χ4n) is 5.79. The first-order valence-corrected chi connectivity index (χ1v) is 15.6. The summed E-state index contributed by atoms with van der Waals surface area (Å²) in [6.45, 7) is 0. The van der Waals surface area contributed by atoms with Crippen LogP contribution in [0, 0.1) is 17.6 Å². The summed E-state index contributed by atoms with van der Waals surface area (Å²) in [5.41, 5.74) is 2.91. The molecule has 1 amide bonds. The zero-order valence-electron chi connectivity index (χ0n) is 23.6. The van der Waals surface area contributed by atoms with Crippen LogP contribution in [0.15, 0.2) is 65.1 Å². The van der Waals surface area contributed by atoms with Gasteiger partial charge in [0.1, 0.15) is 28.8 Å². The smallest absolute Gasteiger partial charge is 0.255 e. The maximum Gasteiger partial charge on any atom is 0.255 e. The van der Waals surface area contributed by atoms with Gasteiger partial charge in [-0.3, -0.25) is 13.9 Å². The zero-order valence-corrected chi connectivity index (χ0v) is 24.4. The van der Waals surface area contributed by atoms with Crippen molar-refractivity contribution in [3.8, 4) is 11.3 Å². The van der Waals surface area contributed by atoms with Gasteiger partial charge in [-0.05, 0) is 78.8 Å². The van der Waals surface area contributed by atoms with E-state index >= 15 is 0 Å². The average molecular weight is 595 g/mol. The molecule has 10 heteroatoms. The number of halogens is 2. The number of furan rings is 1. The minimum Gasteiger partial charge on any atom is -0.455 e. The summed E-state index contributed by atoms with van der Waals surface area (Å²) in [4.78, 5) is 26.4. The summed E-state index contributed by atoms with van der Waals surface area (Å²) < 4.78 is 59.7. The van der Waals surface area contributed by atoms with E-state index in [9.17, 15) is 26.8 Å². The number of anilines is 1. The minimum absolute atomic E-state index is 0.0540. The summed E-state index contributed by atoms with van der Waals surface area (Å²) >= 11 is 0. The number of carbonyl (C=O) groups is 2. The number of amides is 1. The van der Waals surface area contributed by atoms with Gasteiger partial charge in [0, 0.05) is 43.5 Å². The van der Waals surface area contributed by atoms with Crippen molar-refractivity contribution >= 4 is 38.4 Å². The molecular weight excluding hydrogens is 562 g/mol. The number of sulfonamides is 1. The molecular formula is C32H32F2N2O5S. The van der Waals surface area contributed by atoms with Gasteiger partial charge in [0.25, 0.3) is 5.91 Å². The molecule has 1 heterocycles. The highest BCUT2D eigenvalue weighted by molar-refractivity contribution is 7.92. The first kappa shape index (κ1) is 29.4. The van der Waals surface area contributed by atoms with Crippen molar-refractivity contribution in [2.45, 2.75) is 38.0 Å². The summed E-state index contributed by atoms with van der Waals surface area (Å²) in [6.07, 6.45) is 4.01. The molecule has 2 atom stereocenters. The van der Waals surface area contributed by atoms with E-state index in [0.717, 1.165) is 24.7 Å². The van der Waals surface area contributed by atoms with Gasteiger partial charge < -0.3 is 9.73 Å². The lowest BCUT2D eigenvalue weighted by Gasteiger charge is -2.31. The molecule has 1 unspecified atom stereocenters. The van der Waals surface area contributed by atoms with Crippen molar-refractivity contribution in [2.24, 2.45) is 5.92 Å². The number of hydrogen-bond acceptors (Lipinski definition) is 5. The number of nitrogens with zero attached hydrogens (tertiary/aromatic N) is 1. The van der Waals surface area contributed by atoms with Crippen LogP contribution in [0.3, 0.4) is 0 Å². The molecule has 42 heavy (non-hydrogen) atoms. The summed E-state index contributed by atoms with van der Waals surface area (Å²) in [7, 11) is -0.705. The number of hydrogen-bond donors (Lipinski definition) is 1. The molecule has 4 aromatic rings. The lowest BCUT2D eigenvalue weighted by Crippen LogP contribution is -2.28. The van der Waals surface area contributed by atoms with Crippen molar-refractivity contribution in [1.29, 1.82) is 0 Å². The second kappa shape index (κ2) is 11.7. The molecule has 7 nitrogen and oxygen atoms in total. The fraction of sp³-hybridized carbons (Fsp3) is 0.312. The molecule has 1 fully saturated rings. The standard InChI is InChI=1S/C32H32F2N2O5S/c1-35-32(38)30-26-17-25(21-5-4-6-22(16-21)28(37)15-19-7-11-23(33)12-8-19)27(36(2)42(3,39)40)18-29(26)41-31(30)20-9-13-24(34)14-10-20/h7-14,17-18,21-22H,4-6,15-16H2,1-3H3,(H,35,38)/t21-,22?/m0/s1. The number of rotatable bonds is 8. The molecule has 1 aromatic heterocycles. The van der Waals surface area contributed by atoms with Crippen LogP contribution < -0.4 is 9.62 Å². The van der Waals surface area contributed by atoms with E-state index in [1.807, 2.05) is 0 Å². The van der Waals surface area contributed by atoms with E-state index in [2.05, 4.69) is 5.32 Å². The molecule has 1 aliphatic carbocycles. The van der Waals surface area contributed by atoms with Crippen LogP contribution >= 0.6 is 0 Å². The summed E-state index contributed by atoms with van der Waals surface area (Å²) in [5, 5.41) is 3.14. The van der Waals surface area contributed by atoms with Gasteiger partial charge >= 0.3 is 0 Å². The maximum atomic E-state index is 13.7. The molecule has 3 aromatic carbocycles. The Balaban J connectivity index is 1.60. The molecule has 0 spiro atoms. The lowest BCUT2D eigenvalue weighted by molar-refractivity contribution is -0.123. The monoisotopic (exact) mass is 594 g/mol. The number of fused-ring (bicyclic) bond motifs is 1. The second-order valence-corrected chi connectivity index (χ2v) is 12.9. The summed E-state index contributed by atoms with van der Waals surface area (Å²) in [5.74, 6) is -1.32. The predicted molar refractivity (Wildman–Crippen MR) is 158 cm³/mol. The van der Waals surface area contributed by atoms with Crippen LogP contribution in [-0.2, 0) is 21.2 Å². The lowest BCUT2D eigenvalue weighted by atomic mass is 9.75. The van der Waals surface area contributed by atoms with Crippen molar-refractivity contribution in [3.05, 3.63) is 89.0 Å². The Hall–Kier alpha value is -4.05. The maximum absolute atomic E-state index is 13.7. The van der Waals surface area contributed by atoms with Crippen LogP contribution in [0.5, 0.6) is 0 Å². The Morgan fingerprint density at radius 1 is 1.00 bits per heavy atom. The third-order valence-electron chi connectivity index (χ3n) is 8.10. The minimum atomic E-state index is -3.67. The van der Waals surface area contributed by atoms with Gasteiger partial charge in [0.05, 0.1) is 17.5 Å². The van der Waals surface area contributed by atoms with Crippen LogP contribution in [0.4, 0.5) is 14.5 Å². The molecule has 0 bridgehead atoms. The largest absolute Gasteiger partial charge is 0.455 e. The first-order valence-electron chi connectivity index (χ1n) is 13.8. The van der Waals surface area contributed by atoms with Crippen molar-refractivity contribution in [3.63, 3.8) is 0 Å². The van der Waals surface area contributed by atoms with Gasteiger partial charge in [0.2, 0.25) is 10.0 Å². The normalized spacial score (nSPS) is 17.3. The molecule has 0 radical (unpaired) electrons. The highest BCUT2D eigenvalue weighted by Crippen LogP contribution is 2.45. The summed E-state index contributed by atoms with van der Waals surface area (Å²) in [6, 6.07) is 14.9. The molecule has 220 valence electrons. The van der Waals surface area contributed by atoms with Gasteiger partial charge in [-0.25, -0.2) is 17.2 Å². The molecule has 0 saturated heterocycles. The van der Waals surface area contributed by atoms with Crippen LogP contribution in [-0.4, -0.2) is 40.5 Å². The van der Waals surface area contributed by atoms with Crippen LogP contribution in [0.25, 0.3) is 22.3 Å². The topological polar surface area (TPSA) is 96.7 Å². The number of Topliss-reactive ketones (excluding diaryl/α,β-unsaturated/α-hetero) is 1. The highest BCUT2D eigenvalue weighted by Gasteiger charge is 2.32. The number of ketones is 1. The average Bonchev–Trinajstić information content (AvgIpc) is 3.35. The SMILES string of the molecule is CNC(=O)c1c(-c2ccc(F)cc2)oc2cc(N(C)S(C)(=O)=O)c([C@H]3CCCC(C(=O)Cc4ccc(F)cc4)C3)cc12. The number of carbonyl (C=O) groups excluding carboxylic acids is 2. The number of benzene rings is 3. The van der Waals surface area contributed by atoms with E-state index in [-0.39, 0.29) is 41.2 Å². The molecule has 0 aliphatic heterocycles. The molecule has 1 saturated carbocycles. The highest BCUT2D eigenvalue weighted by atomic mass is 32.2. The van der Waals surface area contributed by atoms with Crippen molar-refractivity contribution in [1.82, 2.24) is 5.32 Å². The second-order valence-electron chi connectivity index (χ2n) is 10.9. The predicted octanol–water partition coefficient (Wildman–Crippen LogP) is 6.22. The van der Waals surface area contributed by atoms with E-state index in [1.165, 1.54) is 54.8 Å². The Labute approximate surface area is 243 Å². The third-order valence-corrected chi connectivity index (χ3v) is 9.29. The fourth-order valence-corrected chi connectivity index (χ4v) is 6.31. The van der Waals surface area contributed by atoms with Crippen molar-refractivity contribution < 1.29 is 31.2 Å². The van der Waals surface area contributed by atoms with E-state index in [1.54, 1.807) is 24.3 Å². The van der Waals surface area contributed by atoms with E-state index in [0.29, 0.717) is 40.6 Å². The quantitative estimate of drug-likeness (QED) is 0.261. The first-order chi connectivity index (χ1) is 20.0. The molecule has 1 N–H and O–H groups in total. The number of nitrogens with one attached hydrogen (secondary N) is 1. The Bertz CT molecular complexity index is 1750. The van der Waals surface area contributed by atoms with Crippen LogP contribution in [0.1, 0.15) is 53.1 Å². The van der Waals surface area contributed by atoms with Gasteiger partial charge in [-0.1, -0.05) is 18.6 Å². The van der Waals surface area contributed by atoms with Crippen LogP contribution in [0.2, 0.25) is 0 Å². The van der Waals surface area contributed by atoms with E-state index in [4.69, 9.17) is 4.42 Å². The Morgan fingerprint density at radius 2 is 1.64 bits per heavy atom. The van der Waals surface area contributed by atoms with Gasteiger partial charge in [0.15, 0.2) is 0 Å². The molecule has 5 rings (SSSR count). The van der Waals surface area contributed by atoms with Crippen molar-refractivity contribution in [2.75, 3.05) is 24.7 Å².